The molecule has 0 N–H and O–H groups in total. The van der Waals surface area contributed by atoms with Crippen molar-refractivity contribution in [3.63, 3.8) is 0 Å². The lowest BCUT2D eigenvalue weighted by molar-refractivity contribution is 0.580. The van der Waals surface area contributed by atoms with Crippen LogP contribution in [0.2, 0.25) is 0 Å². The Hall–Kier alpha value is -2.03. The minimum absolute atomic E-state index is 0.315. The number of halogens is 2. The largest absolute Gasteiger partial charge is 0.256 e. The predicted octanol–water partition coefficient (Wildman–Crippen LogP) is 4.02. The highest BCUT2D eigenvalue weighted by Gasteiger charge is 2.05. The van der Waals surface area contributed by atoms with Crippen molar-refractivity contribution in [1.82, 2.24) is 0 Å². The highest BCUT2D eigenvalue weighted by Crippen LogP contribution is 2.15. The summed E-state index contributed by atoms with van der Waals surface area (Å²) in [5, 5.41) is 0. The maximum Gasteiger partial charge on any atom is 0.135 e. The Morgan fingerprint density at radius 1 is 1.06 bits per heavy atom. The predicted molar refractivity (Wildman–Crippen MR) is 64.8 cm³/mol. The molecule has 0 unspecified atom stereocenters. The molecule has 0 atom stereocenters. The van der Waals surface area contributed by atoms with Gasteiger partial charge in [-0.15, -0.1) is 0 Å². The van der Waals surface area contributed by atoms with Gasteiger partial charge in [-0.1, -0.05) is 18.2 Å². The Balaban J connectivity index is 2.34. The molecule has 0 saturated heterocycles. The minimum atomic E-state index is -0.595. The van der Waals surface area contributed by atoms with Gasteiger partial charge in [0.05, 0.1) is 5.69 Å². The van der Waals surface area contributed by atoms with Gasteiger partial charge in [0.2, 0.25) is 0 Å². The number of aliphatic imine (C=N–C) groups is 1. The van der Waals surface area contributed by atoms with Crippen molar-refractivity contribution in [1.29, 1.82) is 0 Å². The van der Waals surface area contributed by atoms with E-state index in [2.05, 4.69) is 4.99 Å². The molecule has 2 aromatic carbocycles. The van der Waals surface area contributed by atoms with Gasteiger partial charge in [0.25, 0.3) is 0 Å². The van der Waals surface area contributed by atoms with Crippen LogP contribution in [0.25, 0.3) is 0 Å². The summed E-state index contributed by atoms with van der Waals surface area (Å²) in [5.74, 6) is -1.17. The molecule has 17 heavy (non-hydrogen) atoms. The lowest BCUT2D eigenvalue weighted by atomic mass is 10.1. The molecule has 0 aliphatic rings. The summed E-state index contributed by atoms with van der Waals surface area (Å²) in [6.45, 7) is 1.65. The topological polar surface area (TPSA) is 12.4 Å². The van der Waals surface area contributed by atoms with Crippen molar-refractivity contribution >= 4 is 11.9 Å². The molecular weight excluding hydrogens is 220 g/mol. The average Bonchev–Trinajstić information content (AvgIpc) is 2.29. The monoisotopic (exact) mass is 231 g/mol. The molecule has 0 aliphatic carbocycles. The van der Waals surface area contributed by atoms with Crippen molar-refractivity contribution in [3.8, 4) is 0 Å². The van der Waals surface area contributed by atoms with E-state index in [1.165, 1.54) is 12.3 Å². The molecule has 0 radical (unpaired) electrons. The second kappa shape index (κ2) is 4.87. The van der Waals surface area contributed by atoms with Gasteiger partial charge in [0.15, 0.2) is 0 Å². The van der Waals surface area contributed by atoms with Crippen LogP contribution in [0.1, 0.15) is 11.1 Å². The molecule has 0 spiro atoms. The molecule has 3 heteroatoms. The standard InChI is InChI=1S/C14H11F2N/c1-10-7-11(15)8-14(16)13(10)9-17-12-5-3-2-4-6-12/h2-9H,1H3. The van der Waals surface area contributed by atoms with Crippen LogP contribution in [0.5, 0.6) is 0 Å². The lowest BCUT2D eigenvalue weighted by Gasteiger charge is -2.02. The molecule has 86 valence electrons. The fourth-order valence-electron chi connectivity index (χ4n) is 1.53. The first-order valence-electron chi connectivity index (χ1n) is 5.21. The second-order valence-corrected chi connectivity index (χ2v) is 3.71. The third kappa shape index (κ3) is 2.75. The quantitative estimate of drug-likeness (QED) is 0.692. The molecule has 2 aromatic rings. The third-order valence-electron chi connectivity index (χ3n) is 2.40. The maximum absolute atomic E-state index is 13.5. The van der Waals surface area contributed by atoms with Crippen molar-refractivity contribution < 1.29 is 8.78 Å². The molecule has 0 saturated carbocycles. The number of benzene rings is 2. The summed E-state index contributed by atoms with van der Waals surface area (Å²) in [6.07, 6.45) is 1.42. The first-order valence-corrected chi connectivity index (χ1v) is 5.21. The number of hydrogen-bond donors (Lipinski definition) is 0. The fourth-order valence-corrected chi connectivity index (χ4v) is 1.53. The Bertz CT molecular complexity index is 524. The van der Waals surface area contributed by atoms with E-state index >= 15 is 0 Å². The number of rotatable bonds is 2. The van der Waals surface area contributed by atoms with Gasteiger partial charge in [-0.25, -0.2) is 8.78 Å². The molecule has 0 heterocycles. The van der Waals surface area contributed by atoms with Crippen LogP contribution < -0.4 is 0 Å². The third-order valence-corrected chi connectivity index (χ3v) is 2.40. The van der Waals surface area contributed by atoms with E-state index in [-0.39, 0.29) is 0 Å². The first kappa shape index (κ1) is 11.5. The van der Waals surface area contributed by atoms with Crippen LogP contribution in [0.15, 0.2) is 47.5 Å². The highest BCUT2D eigenvalue weighted by molar-refractivity contribution is 5.84. The first-order chi connectivity index (χ1) is 8.16. The molecule has 0 aliphatic heterocycles. The average molecular weight is 231 g/mol. The van der Waals surface area contributed by atoms with E-state index in [9.17, 15) is 8.78 Å². The second-order valence-electron chi connectivity index (χ2n) is 3.71. The molecule has 2 rings (SSSR count). The normalized spacial score (nSPS) is 11.0. The molecule has 0 aromatic heterocycles. The number of nitrogens with zero attached hydrogens (tertiary/aromatic N) is 1. The highest BCUT2D eigenvalue weighted by atomic mass is 19.1. The van der Waals surface area contributed by atoms with E-state index in [4.69, 9.17) is 0 Å². The Kier molecular flexibility index (Phi) is 3.28. The lowest BCUT2D eigenvalue weighted by Crippen LogP contribution is -1.94. The van der Waals surface area contributed by atoms with Crippen molar-refractivity contribution in [2.75, 3.05) is 0 Å². The van der Waals surface area contributed by atoms with E-state index < -0.39 is 11.6 Å². The van der Waals surface area contributed by atoms with E-state index in [0.29, 0.717) is 11.1 Å². The zero-order valence-electron chi connectivity index (χ0n) is 9.32. The van der Waals surface area contributed by atoms with E-state index in [1.807, 2.05) is 30.3 Å². The molecule has 1 nitrogen and oxygen atoms in total. The maximum atomic E-state index is 13.5. The molecule has 0 fully saturated rings. The molecular formula is C14H11F2N. The van der Waals surface area contributed by atoms with E-state index in [1.54, 1.807) is 6.92 Å². The summed E-state index contributed by atoms with van der Waals surface area (Å²) in [4.78, 5) is 4.14. The summed E-state index contributed by atoms with van der Waals surface area (Å²) in [6, 6.07) is 11.3. The zero-order valence-corrected chi connectivity index (χ0v) is 9.32. The van der Waals surface area contributed by atoms with Crippen LogP contribution >= 0.6 is 0 Å². The van der Waals surface area contributed by atoms with Crippen LogP contribution in [-0.2, 0) is 0 Å². The fraction of sp³-hybridized carbons (Fsp3) is 0.0714. The van der Waals surface area contributed by atoms with E-state index in [0.717, 1.165) is 11.8 Å². The van der Waals surface area contributed by atoms with Gasteiger partial charge in [-0.05, 0) is 30.7 Å². The van der Waals surface area contributed by atoms with Crippen molar-refractivity contribution in [2.24, 2.45) is 4.99 Å². The Morgan fingerprint density at radius 3 is 2.41 bits per heavy atom. The molecule has 0 amide bonds. The van der Waals surface area contributed by atoms with Gasteiger partial charge >= 0.3 is 0 Å². The summed E-state index contributed by atoms with van der Waals surface area (Å²) >= 11 is 0. The number of aryl methyl sites for hydroxylation is 1. The Labute approximate surface area is 98.4 Å². The van der Waals surface area contributed by atoms with Crippen LogP contribution in [-0.4, -0.2) is 6.21 Å². The van der Waals surface area contributed by atoms with Crippen molar-refractivity contribution in [2.45, 2.75) is 6.92 Å². The van der Waals surface area contributed by atoms with Crippen LogP contribution in [0, 0.1) is 18.6 Å². The summed E-state index contributed by atoms with van der Waals surface area (Å²) in [7, 11) is 0. The SMILES string of the molecule is Cc1cc(F)cc(F)c1C=Nc1ccccc1. The zero-order chi connectivity index (χ0) is 12.3. The number of para-hydroxylation sites is 1. The Morgan fingerprint density at radius 2 is 1.76 bits per heavy atom. The summed E-state index contributed by atoms with van der Waals surface area (Å²) < 4.78 is 26.4. The number of hydrogen-bond acceptors (Lipinski definition) is 1. The van der Waals surface area contributed by atoms with Gasteiger partial charge in [-0.3, -0.25) is 4.99 Å². The van der Waals surface area contributed by atoms with Crippen LogP contribution in [0.4, 0.5) is 14.5 Å². The van der Waals surface area contributed by atoms with Gasteiger partial charge in [0.1, 0.15) is 11.6 Å². The van der Waals surface area contributed by atoms with Gasteiger partial charge in [-0.2, -0.15) is 0 Å². The van der Waals surface area contributed by atoms with Gasteiger partial charge < -0.3 is 0 Å². The smallest absolute Gasteiger partial charge is 0.135 e. The van der Waals surface area contributed by atoms with Gasteiger partial charge in [0, 0.05) is 17.8 Å². The summed E-state index contributed by atoms with van der Waals surface area (Å²) in [5.41, 5.74) is 1.58. The molecule has 0 bridgehead atoms. The minimum Gasteiger partial charge on any atom is -0.256 e. The van der Waals surface area contributed by atoms with Crippen LogP contribution in [0.3, 0.4) is 0 Å². The van der Waals surface area contributed by atoms with Crippen molar-refractivity contribution in [3.05, 3.63) is 65.2 Å².